The highest BCUT2D eigenvalue weighted by atomic mass is 16.5. The van der Waals surface area contributed by atoms with Crippen molar-refractivity contribution in [2.24, 2.45) is 4.99 Å². The van der Waals surface area contributed by atoms with E-state index in [4.69, 9.17) is 9.15 Å². The van der Waals surface area contributed by atoms with Gasteiger partial charge in [-0.2, -0.15) is 0 Å². The lowest BCUT2D eigenvalue weighted by Crippen LogP contribution is -2.36. The van der Waals surface area contributed by atoms with Gasteiger partial charge < -0.3 is 19.8 Å². The number of aromatic nitrogens is 1. The third kappa shape index (κ3) is 6.71. The summed E-state index contributed by atoms with van der Waals surface area (Å²) in [6.07, 6.45) is 2.81. The van der Waals surface area contributed by atoms with Crippen LogP contribution in [0.25, 0.3) is 0 Å². The molecular weight excluding hydrogens is 340 g/mol. The molecule has 0 amide bonds. The number of benzene rings is 1. The fourth-order valence-corrected chi connectivity index (χ4v) is 2.49. The van der Waals surface area contributed by atoms with E-state index in [0.29, 0.717) is 31.5 Å². The number of hydrogen-bond donors (Lipinski definition) is 2. The van der Waals surface area contributed by atoms with Crippen LogP contribution in [0.1, 0.15) is 56.9 Å². The van der Waals surface area contributed by atoms with E-state index in [1.54, 1.807) is 13.2 Å². The van der Waals surface area contributed by atoms with Gasteiger partial charge in [0.1, 0.15) is 5.76 Å². The van der Waals surface area contributed by atoms with Crippen molar-refractivity contribution in [2.75, 3.05) is 13.7 Å². The molecule has 0 aliphatic carbocycles. The van der Waals surface area contributed by atoms with E-state index in [0.717, 1.165) is 18.8 Å². The van der Waals surface area contributed by atoms with Crippen LogP contribution in [-0.2, 0) is 29.8 Å². The molecule has 1 aromatic heterocycles. The number of aliphatic imine (C=N–C) groups is 1. The summed E-state index contributed by atoms with van der Waals surface area (Å²) in [5.74, 6) is 2.23. The number of rotatable bonds is 8. The van der Waals surface area contributed by atoms with E-state index in [1.807, 2.05) is 12.1 Å². The standard InChI is InChI=1S/C21H32N4O2/c1-6-11-26-15-17-10-8-7-9-16(17)12-24-20(22-5)25-14-19-23-13-18(27-19)21(2,3)4/h7-10,13H,6,11-12,14-15H2,1-5H3,(H2,22,24,25). The maximum Gasteiger partial charge on any atom is 0.213 e. The van der Waals surface area contributed by atoms with Gasteiger partial charge in [-0.05, 0) is 17.5 Å². The summed E-state index contributed by atoms with van der Waals surface area (Å²) in [5.41, 5.74) is 2.34. The first kappa shape index (κ1) is 21.0. The third-order valence-electron chi connectivity index (χ3n) is 4.09. The molecule has 0 saturated carbocycles. The first-order chi connectivity index (χ1) is 12.9. The van der Waals surface area contributed by atoms with Gasteiger partial charge in [0.05, 0.1) is 19.3 Å². The average molecular weight is 373 g/mol. The fraction of sp³-hybridized carbons (Fsp3) is 0.524. The van der Waals surface area contributed by atoms with Crippen LogP contribution in [0.5, 0.6) is 0 Å². The number of nitrogens with zero attached hydrogens (tertiary/aromatic N) is 2. The third-order valence-corrected chi connectivity index (χ3v) is 4.09. The zero-order valence-electron chi connectivity index (χ0n) is 17.1. The maximum atomic E-state index is 5.81. The summed E-state index contributed by atoms with van der Waals surface area (Å²) < 4.78 is 11.5. The highest BCUT2D eigenvalue weighted by molar-refractivity contribution is 5.79. The van der Waals surface area contributed by atoms with Crippen LogP contribution < -0.4 is 10.6 Å². The molecule has 148 valence electrons. The number of ether oxygens (including phenoxy) is 1. The van der Waals surface area contributed by atoms with Crippen molar-refractivity contribution < 1.29 is 9.15 Å². The van der Waals surface area contributed by atoms with Gasteiger partial charge in [0, 0.05) is 25.6 Å². The van der Waals surface area contributed by atoms with E-state index in [9.17, 15) is 0 Å². The summed E-state index contributed by atoms with van der Waals surface area (Å²) in [5, 5.41) is 6.58. The van der Waals surface area contributed by atoms with Gasteiger partial charge in [-0.3, -0.25) is 4.99 Å². The summed E-state index contributed by atoms with van der Waals surface area (Å²) in [4.78, 5) is 8.61. The Morgan fingerprint density at radius 2 is 1.85 bits per heavy atom. The minimum atomic E-state index is -0.0469. The average Bonchev–Trinajstić information content (AvgIpc) is 3.12. The van der Waals surface area contributed by atoms with Gasteiger partial charge in [0.2, 0.25) is 5.89 Å². The van der Waals surface area contributed by atoms with Crippen LogP contribution in [-0.4, -0.2) is 24.6 Å². The van der Waals surface area contributed by atoms with Crippen molar-refractivity contribution >= 4 is 5.96 Å². The minimum Gasteiger partial charge on any atom is -0.443 e. The van der Waals surface area contributed by atoms with Crippen LogP contribution in [0.4, 0.5) is 0 Å². The van der Waals surface area contributed by atoms with Gasteiger partial charge in [-0.15, -0.1) is 0 Å². The molecule has 0 aliphatic heterocycles. The molecule has 0 fully saturated rings. The topological polar surface area (TPSA) is 71.7 Å². The molecule has 2 rings (SSSR count). The lowest BCUT2D eigenvalue weighted by atomic mass is 9.94. The van der Waals surface area contributed by atoms with Crippen molar-refractivity contribution in [3.63, 3.8) is 0 Å². The molecule has 0 spiro atoms. The van der Waals surface area contributed by atoms with Crippen LogP contribution in [0.15, 0.2) is 39.9 Å². The summed E-state index contributed by atoms with van der Waals surface area (Å²) in [7, 11) is 1.75. The van der Waals surface area contributed by atoms with E-state index >= 15 is 0 Å². The Hall–Kier alpha value is -2.34. The molecule has 2 N–H and O–H groups in total. The van der Waals surface area contributed by atoms with Crippen molar-refractivity contribution in [3.8, 4) is 0 Å². The van der Waals surface area contributed by atoms with E-state index < -0.39 is 0 Å². The molecule has 1 heterocycles. The Kier molecular flexibility index (Phi) is 7.85. The Morgan fingerprint density at radius 1 is 1.15 bits per heavy atom. The zero-order chi connectivity index (χ0) is 19.7. The van der Waals surface area contributed by atoms with Crippen LogP contribution in [0.2, 0.25) is 0 Å². The molecule has 0 saturated heterocycles. The molecule has 0 unspecified atom stereocenters. The van der Waals surface area contributed by atoms with Gasteiger partial charge in [0.15, 0.2) is 5.96 Å². The molecule has 0 radical (unpaired) electrons. The number of nitrogens with one attached hydrogen (secondary N) is 2. The lowest BCUT2D eigenvalue weighted by Gasteiger charge is -2.14. The molecule has 1 aromatic carbocycles. The van der Waals surface area contributed by atoms with Crippen LogP contribution in [0, 0.1) is 0 Å². The summed E-state index contributed by atoms with van der Waals surface area (Å²) in [6.45, 7) is 11.0. The summed E-state index contributed by atoms with van der Waals surface area (Å²) in [6, 6.07) is 8.28. The number of hydrogen-bond acceptors (Lipinski definition) is 4. The molecule has 0 aliphatic rings. The summed E-state index contributed by atoms with van der Waals surface area (Å²) >= 11 is 0. The van der Waals surface area contributed by atoms with Gasteiger partial charge >= 0.3 is 0 Å². The first-order valence-corrected chi connectivity index (χ1v) is 9.48. The molecule has 2 aromatic rings. The Balaban J connectivity index is 1.88. The largest absolute Gasteiger partial charge is 0.443 e. The Bertz CT molecular complexity index is 732. The second-order valence-electron chi connectivity index (χ2n) is 7.47. The highest BCUT2D eigenvalue weighted by Gasteiger charge is 2.19. The van der Waals surface area contributed by atoms with E-state index in [-0.39, 0.29) is 5.41 Å². The molecule has 0 atom stereocenters. The van der Waals surface area contributed by atoms with E-state index in [1.165, 1.54) is 11.1 Å². The van der Waals surface area contributed by atoms with Gasteiger partial charge in [-0.1, -0.05) is 52.0 Å². The molecule has 27 heavy (non-hydrogen) atoms. The predicted molar refractivity (Wildman–Crippen MR) is 109 cm³/mol. The molecule has 6 heteroatoms. The SMILES string of the molecule is CCCOCc1ccccc1CNC(=NC)NCc1ncc(C(C)(C)C)o1. The predicted octanol–water partition coefficient (Wildman–Crippen LogP) is 3.76. The molecule has 6 nitrogen and oxygen atoms in total. The quantitative estimate of drug-likeness (QED) is 0.419. The molecular formula is C21H32N4O2. The maximum absolute atomic E-state index is 5.81. The van der Waals surface area contributed by atoms with Crippen LogP contribution >= 0.6 is 0 Å². The Labute approximate surface area is 162 Å². The highest BCUT2D eigenvalue weighted by Crippen LogP contribution is 2.22. The van der Waals surface area contributed by atoms with Crippen molar-refractivity contribution in [1.82, 2.24) is 15.6 Å². The monoisotopic (exact) mass is 372 g/mol. The Morgan fingerprint density at radius 3 is 2.48 bits per heavy atom. The number of guanidine groups is 1. The second-order valence-corrected chi connectivity index (χ2v) is 7.47. The van der Waals surface area contributed by atoms with Gasteiger partial charge in [0.25, 0.3) is 0 Å². The van der Waals surface area contributed by atoms with Crippen molar-refractivity contribution in [2.45, 2.75) is 59.2 Å². The second kappa shape index (κ2) is 10.1. The van der Waals surface area contributed by atoms with E-state index in [2.05, 4.69) is 60.4 Å². The minimum absolute atomic E-state index is 0.0469. The smallest absolute Gasteiger partial charge is 0.213 e. The first-order valence-electron chi connectivity index (χ1n) is 9.48. The zero-order valence-corrected chi connectivity index (χ0v) is 17.1. The van der Waals surface area contributed by atoms with Crippen LogP contribution in [0.3, 0.4) is 0 Å². The molecule has 0 bridgehead atoms. The normalized spacial score (nSPS) is 12.3. The van der Waals surface area contributed by atoms with Crippen molar-refractivity contribution in [1.29, 1.82) is 0 Å². The number of oxazole rings is 1. The van der Waals surface area contributed by atoms with Crippen molar-refractivity contribution in [3.05, 3.63) is 53.2 Å². The lowest BCUT2D eigenvalue weighted by molar-refractivity contribution is 0.121. The van der Waals surface area contributed by atoms with Gasteiger partial charge in [-0.25, -0.2) is 4.98 Å². The fourth-order valence-electron chi connectivity index (χ4n) is 2.49.